The van der Waals surface area contributed by atoms with E-state index in [-0.39, 0.29) is 6.10 Å². The summed E-state index contributed by atoms with van der Waals surface area (Å²) in [4.78, 5) is 0. The fourth-order valence-electron chi connectivity index (χ4n) is 3.42. The van der Waals surface area contributed by atoms with Crippen molar-refractivity contribution < 1.29 is 5.11 Å². The maximum Gasteiger partial charge on any atom is 0.0609 e. The average molecular weight is 274 g/mol. The van der Waals surface area contributed by atoms with E-state index >= 15 is 0 Å². The van der Waals surface area contributed by atoms with Gasteiger partial charge >= 0.3 is 0 Å². The largest absolute Gasteiger partial charge is 0.392 e. The van der Waals surface area contributed by atoms with E-state index in [4.69, 9.17) is 0 Å². The van der Waals surface area contributed by atoms with Gasteiger partial charge in [0.05, 0.1) is 6.10 Å². The molecule has 0 saturated heterocycles. The van der Waals surface area contributed by atoms with Gasteiger partial charge in [-0.05, 0) is 47.1 Å². The number of hydrogen-bond acceptors (Lipinski definition) is 2. The predicted octanol–water partition coefficient (Wildman–Crippen LogP) is 4.63. The van der Waals surface area contributed by atoms with Gasteiger partial charge in [0, 0.05) is 11.1 Å². The molecule has 19 heavy (non-hydrogen) atoms. The highest BCUT2D eigenvalue weighted by molar-refractivity contribution is 7.17. The Bertz CT molecular complexity index is 545. The van der Waals surface area contributed by atoms with Crippen molar-refractivity contribution in [3.05, 3.63) is 35.2 Å². The quantitative estimate of drug-likeness (QED) is 0.861. The lowest BCUT2D eigenvalue weighted by Crippen LogP contribution is -2.20. The van der Waals surface area contributed by atoms with Crippen molar-refractivity contribution in [1.29, 1.82) is 0 Å². The fraction of sp³-hybridized carbons (Fsp3) is 0.529. The lowest BCUT2D eigenvalue weighted by molar-refractivity contribution is 0.109. The Hall–Kier alpha value is -0.860. The molecule has 1 saturated carbocycles. The lowest BCUT2D eigenvalue weighted by atomic mass is 9.93. The second-order valence-corrected chi connectivity index (χ2v) is 6.79. The standard InChI is InChI=1S/C17H22OS/c1-2-12-7-8-13(9-12)16(18)10-14-11-19-17-6-4-3-5-15(14)17/h3-6,11-13,16,18H,2,7-10H2,1H3. The van der Waals surface area contributed by atoms with Crippen LogP contribution in [-0.2, 0) is 6.42 Å². The molecule has 3 rings (SSSR count). The van der Waals surface area contributed by atoms with Gasteiger partial charge in [-0.1, -0.05) is 38.0 Å². The molecule has 1 aliphatic rings. The second kappa shape index (κ2) is 5.64. The molecular weight excluding hydrogens is 252 g/mol. The molecule has 0 bridgehead atoms. The van der Waals surface area contributed by atoms with Gasteiger partial charge in [-0.2, -0.15) is 0 Å². The van der Waals surface area contributed by atoms with E-state index in [1.807, 2.05) is 0 Å². The number of aliphatic hydroxyl groups is 1. The van der Waals surface area contributed by atoms with Crippen LogP contribution in [0, 0.1) is 11.8 Å². The van der Waals surface area contributed by atoms with E-state index in [0.717, 1.165) is 12.3 Å². The van der Waals surface area contributed by atoms with Crippen molar-refractivity contribution in [3.8, 4) is 0 Å². The van der Waals surface area contributed by atoms with Gasteiger partial charge in [0.25, 0.3) is 0 Å². The van der Waals surface area contributed by atoms with E-state index in [2.05, 4.69) is 36.6 Å². The number of fused-ring (bicyclic) bond motifs is 1. The Morgan fingerprint density at radius 2 is 2.16 bits per heavy atom. The lowest BCUT2D eigenvalue weighted by Gasteiger charge is -2.18. The Morgan fingerprint density at radius 1 is 1.32 bits per heavy atom. The Labute approximate surface area is 119 Å². The molecular formula is C17H22OS. The van der Waals surface area contributed by atoms with E-state index in [9.17, 15) is 5.11 Å². The third-order valence-corrected chi connectivity index (χ3v) is 5.71. The summed E-state index contributed by atoms with van der Waals surface area (Å²) >= 11 is 1.79. The van der Waals surface area contributed by atoms with E-state index in [1.165, 1.54) is 41.3 Å². The molecule has 0 amide bonds. The maximum atomic E-state index is 10.5. The Morgan fingerprint density at radius 3 is 2.95 bits per heavy atom. The van der Waals surface area contributed by atoms with Gasteiger partial charge in [0.15, 0.2) is 0 Å². The third kappa shape index (κ3) is 2.70. The first-order valence-corrected chi connectivity index (χ1v) is 8.29. The molecule has 1 aliphatic carbocycles. The third-order valence-electron chi connectivity index (χ3n) is 4.69. The average Bonchev–Trinajstić information content (AvgIpc) is 3.06. The molecule has 0 aliphatic heterocycles. The molecule has 102 valence electrons. The number of thiophene rings is 1. The van der Waals surface area contributed by atoms with Crippen LogP contribution in [-0.4, -0.2) is 11.2 Å². The minimum absolute atomic E-state index is 0.158. The SMILES string of the molecule is CCC1CCC(C(O)Cc2csc3ccccc23)C1. The van der Waals surface area contributed by atoms with Gasteiger partial charge in [-0.3, -0.25) is 0 Å². The normalized spacial score (nSPS) is 24.9. The van der Waals surface area contributed by atoms with E-state index in [0.29, 0.717) is 5.92 Å². The summed E-state index contributed by atoms with van der Waals surface area (Å²) in [6, 6.07) is 8.52. The van der Waals surface area contributed by atoms with Crippen LogP contribution in [0.2, 0.25) is 0 Å². The van der Waals surface area contributed by atoms with Gasteiger partial charge in [-0.15, -0.1) is 11.3 Å². The van der Waals surface area contributed by atoms with Crippen molar-refractivity contribution in [2.75, 3.05) is 0 Å². The summed E-state index contributed by atoms with van der Waals surface area (Å²) < 4.78 is 1.34. The second-order valence-electron chi connectivity index (χ2n) is 5.88. The molecule has 1 nitrogen and oxygen atoms in total. The highest BCUT2D eigenvalue weighted by Gasteiger charge is 2.29. The minimum Gasteiger partial charge on any atom is -0.392 e. The van der Waals surface area contributed by atoms with Crippen molar-refractivity contribution >= 4 is 21.4 Å². The van der Waals surface area contributed by atoms with Gasteiger partial charge in [0.2, 0.25) is 0 Å². The molecule has 1 fully saturated rings. The fourth-order valence-corrected chi connectivity index (χ4v) is 4.39. The van der Waals surface area contributed by atoms with Crippen LogP contribution in [0.15, 0.2) is 29.6 Å². The zero-order valence-corrected chi connectivity index (χ0v) is 12.3. The van der Waals surface area contributed by atoms with Crippen molar-refractivity contribution in [2.24, 2.45) is 11.8 Å². The first-order valence-electron chi connectivity index (χ1n) is 7.41. The summed E-state index contributed by atoms with van der Waals surface area (Å²) in [5.74, 6) is 1.36. The summed E-state index contributed by atoms with van der Waals surface area (Å²) in [6.07, 6.45) is 5.68. The number of hydrogen-bond donors (Lipinski definition) is 1. The summed E-state index contributed by atoms with van der Waals surface area (Å²) in [7, 11) is 0. The maximum absolute atomic E-state index is 10.5. The monoisotopic (exact) mass is 274 g/mol. The topological polar surface area (TPSA) is 20.2 Å². The van der Waals surface area contributed by atoms with Crippen molar-refractivity contribution in [2.45, 2.75) is 45.1 Å². The molecule has 1 aromatic carbocycles. The molecule has 3 unspecified atom stereocenters. The molecule has 2 heteroatoms. The van der Waals surface area contributed by atoms with Gasteiger partial charge in [-0.25, -0.2) is 0 Å². The molecule has 0 radical (unpaired) electrons. The van der Waals surface area contributed by atoms with Crippen LogP contribution in [0.3, 0.4) is 0 Å². The van der Waals surface area contributed by atoms with Crippen molar-refractivity contribution in [1.82, 2.24) is 0 Å². The predicted molar refractivity (Wildman–Crippen MR) is 82.7 cm³/mol. The van der Waals surface area contributed by atoms with Crippen LogP contribution < -0.4 is 0 Å². The highest BCUT2D eigenvalue weighted by Crippen LogP contribution is 2.36. The Kier molecular flexibility index (Phi) is 3.90. The number of aliphatic hydroxyl groups excluding tert-OH is 1. The van der Waals surface area contributed by atoms with Gasteiger partial charge < -0.3 is 5.11 Å². The zero-order valence-electron chi connectivity index (χ0n) is 11.5. The summed E-state index contributed by atoms with van der Waals surface area (Å²) in [5.41, 5.74) is 1.33. The minimum atomic E-state index is -0.158. The van der Waals surface area contributed by atoms with E-state index in [1.54, 1.807) is 11.3 Å². The first-order chi connectivity index (χ1) is 9.28. The highest BCUT2D eigenvalue weighted by atomic mass is 32.1. The summed E-state index contributed by atoms with van der Waals surface area (Å²) in [6.45, 7) is 2.27. The van der Waals surface area contributed by atoms with Crippen LogP contribution >= 0.6 is 11.3 Å². The van der Waals surface area contributed by atoms with E-state index < -0.39 is 0 Å². The Balaban J connectivity index is 1.71. The molecule has 1 N–H and O–H groups in total. The molecule has 2 aromatic rings. The van der Waals surface area contributed by atoms with Crippen LogP contribution in [0.5, 0.6) is 0 Å². The van der Waals surface area contributed by atoms with Crippen molar-refractivity contribution in [3.63, 3.8) is 0 Å². The molecule has 3 atom stereocenters. The summed E-state index contributed by atoms with van der Waals surface area (Å²) in [5, 5.41) is 14.1. The number of benzene rings is 1. The van der Waals surface area contributed by atoms with Crippen LogP contribution in [0.4, 0.5) is 0 Å². The van der Waals surface area contributed by atoms with Gasteiger partial charge in [0.1, 0.15) is 0 Å². The molecule has 1 heterocycles. The van der Waals surface area contributed by atoms with Crippen LogP contribution in [0.25, 0.3) is 10.1 Å². The first kappa shape index (κ1) is 13.1. The number of rotatable bonds is 4. The smallest absolute Gasteiger partial charge is 0.0609 e. The molecule has 1 aromatic heterocycles. The van der Waals surface area contributed by atoms with Crippen LogP contribution in [0.1, 0.15) is 38.2 Å². The molecule has 0 spiro atoms. The zero-order chi connectivity index (χ0) is 13.2.